The van der Waals surface area contributed by atoms with E-state index in [1.54, 1.807) is 26.4 Å². The summed E-state index contributed by atoms with van der Waals surface area (Å²) < 4.78 is 10.7. The van der Waals surface area contributed by atoms with Crippen LogP contribution in [0.5, 0.6) is 11.5 Å². The first-order chi connectivity index (χ1) is 14.7. The molecule has 7 heteroatoms. The van der Waals surface area contributed by atoms with E-state index in [0.717, 1.165) is 32.6 Å². The van der Waals surface area contributed by atoms with Crippen LogP contribution >= 0.6 is 0 Å². The largest absolute Gasteiger partial charge is 0.493 e. The fourth-order valence-electron chi connectivity index (χ4n) is 4.50. The number of hydrogen-bond acceptors (Lipinski definition) is 6. The lowest BCUT2D eigenvalue weighted by molar-refractivity contribution is 0.355. The first-order valence-corrected chi connectivity index (χ1v) is 10.4. The monoisotopic (exact) mass is 406 g/mol. The molecule has 0 spiro atoms. The van der Waals surface area contributed by atoms with Gasteiger partial charge in [0.2, 0.25) is 5.95 Å². The lowest BCUT2D eigenvalue weighted by Crippen LogP contribution is -2.33. The molecule has 0 atom stereocenters. The van der Waals surface area contributed by atoms with E-state index in [1.165, 1.54) is 29.7 Å². The fourth-order valence-corrected chi connectivity index (χ4v) is 4.50. The van der Waals surface area contributed by atoms with Crippen LogP contribution in [0.2, 0.25) is 0 Å². The molecule has 0 amide bonds. The highest BCUT2D eigenvalue weighted by atomic mass is 16.5. The maximum absolute atomic E-state index is 12.8. The Morgan fingerprint density at radius 3 is 2.47 bits per heavy atom. The average Bonchev–Trinajstić information content (AvgIpc) is 3.32. The SMILES string of the molecule is COc1cc2nc(N3CCc4ccc(N5CCCC5)cc4C3)[nH]c(=O)c2cc1OC. The first-order valence-electron chi connectivity index (χ1n) is 10.4. The Morgan fingerprint density at radius 1 is 0.933 bits per heavy atom. The number of H-pyrrole nitrogens is 1. The van der Waals surface area contributed by atoms with Gasteiger partial charge in [-0.2, -0.15) is 0 Å². The molecule has 0 aliphatic carbocycles. The Morgan fingerprint density at radius 2 is 1.70 bits per heavy atom. The Kier molecular flexibility index (Phi) is 4.73. The van der Waals surface area contributed by atoms with Crippen LogP contribution in [-0.2, 0) is 13.0 Å². The molecular formula is C23H26N4O3. The fraction of sp³-hybridized carbons (Fsp3) is 0.391. The molecule has 3 heterocycles. The first kappa shape index (κ1) is 18.8. The third-order valence-electron chi connectivity index (χ3n) is 6.17. The van der Waals surface area contributed by atoms with E-state index in [2.05, 4.69) is 33.0 Å². The summed E-state index contributed by atoms with van der Waals surface area (Å²) in [6.07, 6.45) is 3.46. The molecule has 156 valence electrons. The van der Waals surface area contributed by atoms with Crippen molar-refractivity contribution in [3.8, 4) is 11.5 Å². The van der Waals surface area contributed by atoms with Crippen LogP contribution < -0.4 is 24.8 Å². The molecule has 1 N–H and O–H groups in total. The zero-order valence-electron chi connectivity index (χ0n) is 17.4. The third-order valence-corrected chi connectivity index (χ3v) is 6.17. The number of nitrogens with zero attached hydrogens (tertiary/aromatic N) is 3. The lowest BCUT2D eigenvalue weighted by Gasteiger charge is -2.30. The van der Waals surface area contributed by atoms with Gasteiger partial charge in [0.1, 0.15) is 0 Å². The number of aromatic amines is 1. The van der Waals surface area contributed by atoms with E-state index in [0.29, 0.717) is 28.4 Å². The van der Waals surface area contributed by atoms with Crippen molar-refractivity contribution >= 4 is 22.5 Å². The molecule has 1 saturated heterocycles. The van der Waals surface area contributed by atoms with E-state index >= 15 is 0 Å². The van der Waals surface area contributed by atoms with Crippen LogP contribution in [0.15, 0.2) is 35.1 Å². The van der Waals surface area contributed by atoms with E-state index in [4.69, 9.17) is 14.5 Å². The van der Waals surface area contributed by atoms with E-state index < -0.39 is 0 Å². The van der Waals surface area contributed by atoms with Crippen LogP contribution in [0.4, 0.5) is 11.6 Å². The quantitative estimate of drug-likeness (QED) is 0.718. The van der Waals surface area contributed by atoms with Gasteiger partial charge in [-0.25, -0.2) is 4.98 Å². The molecule has 30 heavy (non-hydrogen) atoms. The summed E-state index contributed by atoms with van der Waals surface area (Å²) in [7, 11) is 3.14. The van der Waals surface area contributed by atoms with Gasteiger partial charge in [0.25, 0.3) is 5.56 Å². The van der Waals surface area contributed by atoms with Crippen molar-refractivity contribution < 1.29 is 9.47 Å². The van der Waals surface area contributed by atoms with Crippen LogP contribution in [0.3, 0.4) is 0 Å². The van der Waals surface area contributed by atoms with Gasteiger partial charge in [-0.05, 0) is 48.6 Å². The number of anilines is 2. The van der Waals surface area contributed by atoms with Gasteiger partial charge >= 0.3 is 0 Å². The Balaban J connectivity index is 1.49. The molecule has 3 aromatic rings. The average molecular weight is 406 g/mol. The van der Waals surface area contributed by atoms with Gasteiger partial charge in [-0.15, -0.1) is 0 Å². The van der Waals surface area contributed by atoms with Crippen molar-refractivity contribution in [3.05, 3.63) is 51.8 Å². The van der Waals surface area contributed by atoms with Crippen LogP contribution in [0, 0.1) is 0 Å². The predicted molar refractivity (Wildman–Crippen MR) is 118 cm³/mol. The number of hydrogen-bond donors (Lipinski definition) is 1. The number of ether oxygens (including phenoxy) is 2. The molecule has 1 fully saturated rings. The summed E-state index contributed by atoms with van der Waals surface area (Å²) >= 11 is 0. The number of nitrogens with one attached hydrogen (secondary N) is 1. The third kappa shape index (κ3) is 3.24. The number of rotatable bonds is 4. The van der Waals surface area contributed by atoms with E-state index in [-0.39, 0.29) is 5.56 Å². The van der Waals surface area contributed by atoms with Crippen molar-refractivity contribution in [2.45, 2.75) is 25.8 Å². The molecule has 2 aliphatic rings. The number of aromatic nitrogens is 2. The molecule has 2 aliphatic heterocycles. The van der Waals surface area contributed by atoms with Crippen LogP contribution in [-0.4, -0.2) is 43.8 Å². The molecule has 0 saturated carbocycles. The zero-order valence-corrected chi connectivity index (χ0v) is 17.4. The highest BCUT2D eigenvalue weighted by Gasteiger charge is 2.21. The second-order valence-electron chi connectivity index (χ2n) is 7.93. The Labute approximate surface area is 175 Å². The number of fused-ring (bicyclic) bond motifs is 2. The second-order valence-corrected chi connectivity index (χ2v) is 7.93. The molecule has 1 aromatic heterocycles. The van der Waals surface area contributed by atoms with Crippen molar-refractivity contribution in [3.63, 3.8) is 0 Å². The maximum atomic E-state index is 12.8. The van der Waals surface area contributed by atoms with Crippen molar-refractivity contribution in [1.82, 2.24) is 9.97 Å². The molecule has 0 bridgehead atoms. The summed E-state index contributed by atoms with van der Waals surface area (Å²) in [5.41, 5.74) is 4.41. The summed E-state index contributed by atoms with van der Waals surface area (Å²) in [5.74, 6) is 1.68. The van der Waals surface area contributed by atoms with Crippen molar-refractivity contribution in [1.29, 1.82) is 0 Å². The predicted octanol–water partition coefficient (Wildman–Crippen LogP) is 3.10. The van der Waals surface area contributed by atoms with Gasteiger partial charge in [-0.3, -0.25) is 9.78 Å². The summed E-state index contributed by atoms with van der Waals surface area (Å²) in [6, 6.07) is 10.2. The topological polar surface area (TPSA) is 70.7 Å². The summed E-state index contributed by atoms with van der Waals surface area (Å²) in [4.78, 5) is 25.1. The second kappa shape index (κ2) is 7.55. The molecule has 2 aromatic carbocycles. The van der Waals surface area contributed by atoms with Gasteiger partial charge in [0.05, 0.1) is 25.1 Å². The van der Waals surface area contributed by atoms with Gasteiger partial charge in [0.15, 0.2) is 11.5 Å². The molecule has 0 unspecified atom stereocenters. The van der Waals surface area contributed by atoms with Gasteiger partial charge < -0.3 is 19.3 Å². The van der Waals surface area contributed by atoms with E-state index in [9.17, 15) is 4.79 Å². The molecule has 5 rings (SSSR count). The Hall–Kier alpha value is -3.22. The maximum Gasteiger partial charge on any atom is 0.260 e. The summed E-state index contributed by atoms with van der Waals surface area (Å²) in [6.45, 7) is 3.82. The smallest absolute Gasteiger partial charge is 0.260 e. The normalized spacial score (nSPS) is 16.1. The minimum atomic E-state index is -0.174. The lowest BCUT2D eigenvalue weighted by atomic mass is 9.99. The van der Waals surface area contributed by atoms with Crippen molar-refractivity contribution in [2.75, 3.05) is 43.7 Å². The van der Waals surface area contributed by atoms with Crippen molar-refractivity contribution in [2.24, 2.45) is 0 Å². The number of benzene rings is 2. The van der Waals surface area contributed by atoms with E-state index in [1.807, 2.05) is 0 Å². The number of methoxy groups -OCH3 is 2. The highest BCUT2D eigenvalue weighted by molar-refractivity contribution is 5.82. The molecule has 0 radical (unpaired) electrons. The molecule has 7 nitrogen and oxygen atoms in total. The van der Waals surface area contributed by atoms with Crippen LogP contribution in [0.1, 0.15) is 24.0 Å². The van der Waals surface area contributed by atoms with Gasteiger partial charge in [-0.1, -0.05) is 6.07 Å². The minimum Gasteiger partial charge on any atom is -0.493 e. The summed E-state index contributed by atoms with van der Waals surface area (Å²) in [5, 5.41) is 0.491. The minimum absolute atomic E-state index is 0.174. The molecular weight excluding hydrogens is 380 g/mol. The van der Waals surface area contributed by atoms with Crippen LogP contribution in [0.25, 0.3) is 10.9 Å². The highest BCUT2D eigenvalue weighted by Crippen LogP contribution is 2.32. The Bertz CT molecular complexity index is 1150. The van der Waals surface area contributed by atoms with Gasteiger partial charge in [0, 0.05) is 37.9 Å². The zero-order chi connectivity index (χ0) is 20.7. The standard InChI is InChI=1S/C23H26N4O3/c1-29-20-12-18-19(13-21(20)30-2)24-23(25-22(18)28)27-10-7-15-5-6-17(11-16(15)14-27)26-8-3-4-9-26/h5-6,11-13H,3-4,7-10,14H2,1-2H3,(H,24,25,28).